The third kappa shape index (κ3) is 21.5. The van der Waals surface area contributed by atoms with Gasteiger partial charge in [-0.3, -0.25) is 9.59 Å². The van der Waals surface area contributed by atoms with E-state index < -0.39 is 0 Å². The molecule has 0 unspecified atom stereocenters. The summed E-state index contributed by atoms with van der Waals surface area (Å²) in [7, 11) is 0. The molecule has 0 radical (unpaired) electrons. The van der Waals surface area contributed by atoms with Gasteiger partial charge in [0.2, 0.25) is 0 Å². The smallest absolute Gasteiger partial charge is 0.132 e. The highest BCUT2D eigenvalue weighted by molar-refractivity contribution is 5.81. The molecule has 2 heteroatoms. The number of hydrogen-bond acceptors (Lipinski definition) is 2. The third-order valence-corrected chi connectivity index (χ3v) is 5.53. The molecule has 0 spiro atoms. The second kappa shape index (κ2) is 21.6. The molecule has 0 aliphatic rings. The molecule has 0 heterocycles. The van der Waals surface area contributed by atoms with Crippen LogP contribution < -0.4 is 0 Å². The van der Waals surface area contributed by atoms with Gasteiger partial charge in [0.1, 0.15) is 11.6 Å². The van der Waals surface area contributed by atoms with Crippen molar-refractivity contribution in [1.29, 1.82) is 0 Å². The number of carbonyl (C=O) groups excluding carboxylic acids is 2. The molecular formula is C25H48O2. The molecule has 27 heavy (non-hydrogen) atoms. The van der Waals surface area contributed by atoms with Crippen molar-refractivity contribution in [3.63, 3.8) is 0 Å². The normalized spacial score (nSPS) is 11.0. The lowest BCUT2D eigenvalue weighted by atomic mass is 10.0. The van der Waals surface area contributed by atoms with Crippen LogP contribution in [0, 0.1) is 0 Å². The second-order valence-electron chi connectivity index (χ2n) is 8.38. The Morgan fingerprint density at radius 1 is 0.370 bits per heavy atom. The lowest BCUT2D eigenvalue weighted by Crippen LogP contribution is -2.02. The highest BCUT2D eigenvalue weighted by Gasteiger charge is 2.06. The van der Waals surface area contributed by atoms with E-state index in [1.54, 1.807) is 0 Å². The van der Waals surface area contributed by atoms with Crippen molar-refractivity contribution in [2.75, 3.05) is 0 Å². The van der Waals surface area contributed by atoms with Crippen LogP contribution in [0.15, 0.2) is 0 Å². The first-order valence-corrected chi connectivity index (χ1v) is 12.2. The van der Waals surface area contributed by atoms with Crippen molar-refractivity contribution in [3.8, 4) is 0 Å². The van der Waals surface area contributed by atoms with Crippen LogP contribution in [-0.2, 0) is 9.59 Å². The lowest BCUT2D eigenvalue weighted by Gasteiger charge is -2.03. The summed E-state index contributed by atoms with van der Waals surface area (Å²) in [5.41, 5.74) is 0. The summed E-state index contributed by atoms with van der Waals surface area (Å²) in [5.74, 6) is 0.724. The van der Waals surface area contributed by atoms with Gasteiger partial charge >= 0.3 is 0 Å². The Morgan fingerprint density at radius 3 is 0.963 bits per heavy atom. The first-order valence-electron chi connectivity index (χ1n) is 12.2. The molecule has 160 valence electrons. The van der Waals surface area contributed by atoms with Crippen molar-refractivity contribution in [1.82, 2.24) is 0 Å². The van der Waals surface area contributed by atoms with Crippen LogP contribution >= 0.6 is 0 Å². The molecular weight excluding hydrogens is 332 g/mol. The highest BCUT2D eigenvalue weighted by atomic mass is 16.1. The SMILES string of the molecule is CCCCCCCCCCC(=O)CCCC(=O)CCCCCCCCCC. The summed E-state index contributed by atoms with van der Waals surface area (Å²) in [4.78, 5) is 23.8. The van der Waals surface area contributed by atoms with Crippen LogP contribution in [0.5, 0.6) is 0 Å². The standard InChI is InChI=1S/C25H48O2/c1-3-5-7-9-11-13-15-17-20-24(26)22-19-23-25(27)21-18-16-14-12-10-8-6-4-2/h3-23H2,1-2H3. The predicted octanol–water partition coefficient (Wildman–Crippen LogP) is 8.36. The Hall–Kier alpha value is -0.660. The van der Waals surface area contributed by atoms with Crippen LogP contribution in [0.25, 0.3) is 0 Å². The molecule has 0 saturated heterocycles. The molecule has 0 atom stereocenters. The van der Waals surface area contributed by atoms with Gasteiger partial charge < -0.3 is 0 Å². The van der Waals surface area contributed by atoms with E-state index in [2.05, 4.69) is 13.8 Å². The summed E-state index contributed by atoms with van der Waals surface area (Å²) >= 11 is 0. The van der Waals surface area contributed by atoms with Gasteiger partial charge in [-0.2, -0.15) is 0 Å². The predicted molar refractivity (Wildman–Crippen MR) is 118 cm³/mol. The first kappa shape index (κ1) is 26.3. The third-order valence-electron chi connectivity index (χ3n) is 5.53. The number of carbonyl (C=O) groups is 2. The molecule has 0 aromatic carbocycles. The van der Waals surface area contributed by atoms with Gasteiger partial charge in [-0.05, 0) is 19.3 Å². The molecule has 0 N–H and O–H groups in total. The van der Waals surface area contributed by atoms with Gasteiger partial charge in [-0.25, -0.2) is 0 Å². The zero-order valence-electron chi connectivity index (χ0n) is 18.7. The van der Waals surface area contributed by atoms with E-state index in [1.807, 2.05) is 0 Å². The van der Waals surface area contributed by atoms with Crippen molar-refractivity contribution in [3.05, 3.63) is 0 Å². The largest absolute Gasteiger partial charge is 0.300 e. The maximum absolute atomic E-state index is 11.9. The average Bonchev–Trinajstić information content (AvgIpc) is 2.66. The molecule has 0 aliphatic carbocycles. The van der Waals surface area contributed by atoms with E-state index in [4.69, 9.17) is 0 Å². The Kier molecular flexibility index (Phi) is 21.1. The van der Waals surface area contributed by atoms with Crippen LogP contribution in [0.1, 0.15) is 149 Å². The summed E-state index contributed by atoms with van der Waals surface area (Å²) < 4.78 is 0. The fourth-order valence-electron chi connectivity index (χ4n) is 3.64. The van der Waals surface area contributed by atoms with Crippen LogP contribution in [0.3, 0.4) is 0 Å². The van der Waals surface area contributed by atoms with Crippen molar-refractivity contribution < 1.29 is 9.59 Å². The minimum absolute atomic E-state index is 0.362. The van der Waals surface area contributed by atoms with Crippen LogP contribution in [-0.4, -0.2) is 11.6 Å². The highest BCUT2D eigenvalue weighted by Crippen LogP contribution is 2.13. The number of rotatable bonds is 22. The second-order valence-corrected chi connectivity index (χ2v) is 8.38. The van der Waals surface area contributed by atoms with E-state index in [-0.39, 0.29) is 0 Å². The number of unbranched alkanes of at least 4 members (excludes halogenated alkanes) is 14. The molecule has 0 amide bonds. The molecule has 0 aromatic rings. The Labute approximate surface area is 170 Å². The Morgan fingerprint density at radius 2 is 0.630 bits per heavy atom. The Balaban J connectivity index is 3.31. The summed E-state index contributed by atoms with van der Waals surface area (Å²) in [5, 5.41) is 0. The van der Waals surface area contributed by atoms with Crippen molar-refractivity contribution in [2.45, 2.75) is 149 Å². The number of Topliss-reactive ketones (excluding diaryl/α,β-unsaturated/α-hetero) is 2. The summed E-state index contributed by atoms with van der Waals surface area (Å²) in [6, 6.07) is 0. The maximum Gasteiger partial charge on any atom is 0.132 e. The molecule has 0 aromatic heterocycles. The molecule has 0 saturated carbocycles. The van der Waals surface area contributed by atoms with Gasteiger partial charge in [0.15, 0.2) is 0 Å². The van der Waals surface area contributed by atoms with Crippen LogP contribution in [0.2, 0.25) is 0 Å². The summed E-state index contributed by atoms with van der Waals surface area (Å²) in [6.07, 6.45) is 23.8. The van der Waals surface area contributed by atoms with Gasteiger partial charge in [0.05, 0.1) is 0 Å². The fourth-order valence-corrected chi connectivity index (χ4v) is 3.64. The Bertz CT molecular complexity index is 303. The summed E-state index contributed by atoms with van der Waals surface area (Å²) in [6.45, 7) is 4.49. The minimum atomic E-state index is 0.362. The average molecular weight is 381 g/mol. The molecule has 0 aliphatic heterocycles. The van der Waals surface area contributed by atoms with Gasteiger partial charge in [-0.15, -0.1) is 0 Å². The van der Waals surface area contributed by atoms with E-state index in [9.17, 15) is 9.59 Å². The van der Waals surface area contributed by atoms with E-state index in [1.165, 1.54) is 89.9 Å². The van der Waals surface area contributed by atoms with Gasteiger partial charge in [0, 0.05) is 25.7 Å². The molecule has 0 fully saturated rings. The number of hydrogen-bond donors (Lipinski definition) is 0. The molecule has 0 rings (SSSR count). The topological polar surface area (TPSA) is 34.1 Å². The molecule has 2 nitrogen and oxygen atoms in total. The zero-order chi connectivity index (χ0) is 20.0. The minimum Gasteiger partial charge on any atom is -0.300 e. The van der Waals surface area contributed by atoms with Gasteiger partial charge in [-0.1, -0.05) is 104 Å². The first-order chi connectivity index (χ1) is 13.2. The van der Waals surface area contributed by atoms with Gasteiger partial charge in [0.25, 0.3) is 0 Å². The quantitative estimate of drug-likeness (QED) is 0.177. The fraction of sp³-hybridized carbons (Fsp3) is 0.920. The lowest BCUT2D eigenvalue weighted by molar-refractivity contribution is -0.120. The van der Waals surface area contributed by atoms with Crippen molar-refractivity contribution in [2.24, 2.45) is 0 Å². The number of ketones is 2. The van der Waals surface area contributed by atoms with E-state index in [0.717, 1.165) is 32.1 Å². The van der Waals surface area contributed by atoms with E-state index >= 15 is 0 Å². The maximum atomic E-state index is 11.9. The zero-order valence-corrected chi connectivity index (χ0v) is 18.7. The van der Waals surface area contributed by atoms with Crippen molar-refractivity contribution >= 4 is 11.6 Å². The van der Waals surface area contributed by atoms with E-state index in [0.29, 0.717) is 24.4 Å². The molecule has 0 bridgehead atoms. The van der Waals surface area contributed by atoms with Crippen LogP contribution in [0.4, 0.5) is 0 Å². The monoisotopic (exact) mass is 380 g/mol.